The summed E-state index contributed by atoms with van der Waals surface area (Å²) in [7, 11) is 1.79. The second kappa shape index (κ2) is 7.99. The Bertz CT molecular complexity index is 1230. The average molecular weight is 400 g/mol. The van der Waals surface area contributed by atoms with E-state index in [-0.39, 0.29) is 11.7 Å². The molecule has 4 rings (SSSR count). The standard InChI is InChI=1S/C24H24N4O2/c1-4-28-16(2)17(14-25-28)15-27(3)24(30)20-13-22(19-10-6-8-12-23(19)29)26-21-11-7-5-9-18(20)21/h5-14,29H,4,15H2,1-3H3. The molecule has 2 heterocycles. The normalized spacial score (nSPS) is 11.0. The summed E-state index contributed by atoms with van der Waals surface area (Å²) in [6.45, 7) is 5.32. The lowest BCUT2D eigenvalue weighted by atomic mass is 10.0. The molecule has 0 spiro atoms. The molecule has 152 valence electrons. The van der Waals surface area contributed by atoms with Gasteiger partial charge in [0.25, 0.3) is 5.91 Å². The topological polar surface area (TPSA) is 71.2 Å². The summed E-state index contributed by atoms with van der Waals surface area (Å²) < 4.78 is 1.92. The zero-order valence-corrected chi connectivity index (χ0v) is 17.3. The van der Waals surface area contributed by atoms with Gasteiger partial charge in [0.2, 0.25) is 0 Å². The summed E-state index contributed by atoms with van der Waals surface area (Å²) in [6.07, 6.45) is 1.82. The Morgan fingerprint density at radius 3 is 2.60 bits per heavy atom. The van der Waals surface area contributed by atoms with Crippen LogP contribution in [-0.2, 0) is 13.1 Å². The van der Waals surface area contributed by atoms with Crippen molar-refractivity contribution in [3.63, 3.8) is 0 Å². The molecule has 0 aliphatic rings. The van der Waals surface area contributed by atoms with E-state index >= 15 is 0 Å². The molecule has 30 heavy (non-hydrogen) atoms. The monoisotopic (exact) mass is 400 g/mol. The molecule has 0 bridgehead atoms. The number of aromatic nitrogens is 3. The van der Waals surface area contributed by atoms with E-state index in [1.165, 1.54) is 0 Å². The fourth-order valence-electron chi connectivity index (χ4n) is 3.67. The summed E-state index contributed by atoms with van der Waals surface area (Å²) in [5, 5.41) is 15.4. The number of aromatic hydroxyl groups is 1. The number of para-hydroxylation sites is 2. The third-order valence-electron chi connectivity index (χ3n) is 5.39. The molecule has 0 fully saturated rings. The number of aryl methyl sites for hydroxylation is 1. The maximum atomic E-state index is 13.4. The molecule has 1 amide bonds. The predicted molar refractivity (Wildman–Crippen MR) is 117 cm³/mol. The maximum Gasteiger partial charge on any atom is 0.254 e. The minimum Gasteiger partial charge on any atom is -0.507 e. The Kier molecular flexibility index (Phi) is 5.23. The molecule has 4 aromatic rings. The quantitative estimate of drug-likeness (QED) is 0.539. The Morgan fingerprint density at radius 1 is 1.13 bits per heavy atom. The van der Waals surface area contributed by atoms with E-state index in [1.54, 1.807) is 36.2 Å². The number of fused-ring (bicyclic) bond motifs is 1. The van der Waals surface area contributed by atoms with Crippen LogP contribution in [0.3, 0.4) is 0 Å². The van der Waals surface area contributed by atoms with E-state index < -0.39 is 0 Å². The summed E-state index contributed by atoms with van der Waals surface area (Å²) in [6, 6.07) is 16.4. The van der Waals surface area contributed by atoms with Gasteiger partial charge in [-0.05, 0) is 38.1 Å². The van der Waals surface area contributed by atoms with Crippen LogP contribution in [0.4, 0.5) is 0 Å². The summed E-state index contributed by atoms with van der Waals surface area (Å²) in [5.41, 5.74) is 4.52. The zero-order valence-electron chi connectivity index (χ0n) is 17.3. The smallest absolute Gasteiger partial charge is 0.254 e. The van der Waals surface area contributed by atoms with Crippen LogP contribution in [0.2, 0.25) is 0 Å². The number of phenols is 1. The summed E-state index contributed by atoms with van der Waals surface area (Å²) in [4.78, 5) is 19.8. The highest BCUT2D eigenvalue weighted by Crippen LogP contribution is 2.31. The molecular weight excluding hydrogens is 376 g/mol. The number of carbonyl (C=O) groups excluding carboxylic acids is 1. The Labute approximate surface area is 175 Å². The number of pyridine rings is 1. The van der Waals surface area contributed by atoms with Gasteiger partial charge in [0.15, 0.2) is 0 Å². The van der Waals surface area contributed by atoms with E-state index in [1.807, 2.05) is 55.1 Å². The minimum absolute atomic E-state index is 0.103. The molecule has 2 aromatic carbocycles. The first-order valence-electron chi connectivity index (χ1n) is 9.94. The van der Waals surface area contributed by atoms with E-state index in [0.717, 1.165) is 23.2 Å². The van der Waals surface area contributed by atoms with E-state index in [2.05, 4.69) is 10.1 Å². The maximum absolute atomic E-state index is 13.4. The largest absolute Gasteiger partial charge is 0.507 e. The van der Waals surface area contributed by atoms with Crippen LogP contribution in [0.15, 0.2) is 60.8 Å². The van der Waals surface area contributed by atoms with Crippen LogP contribution in [-0.4, -0.2) is 37.7 Å². The molecule has 0 saturated carbocycles. The van der Waals surface area contributed by atoms with Crippen molar-refractivity contribution >= 4 is 16.8 Å². The van der Waals surface area contributed by atoms with E-state index in [4.69, 9.17) is 0 Å². The number of phenolic OH excluding ortho intramolecular Hbond substituents is 1. The van der Waals surface area contributed by atoms with Crippen molar-refractivity contribution < 1.29 is 9.90 Å². The molecule has 1 N–H and O–H groups in total. The van der Waals surface area contributed by atoms with Gasteiger partial charge in [0.05, 0.1) is 23.0 Å². The van der Waals surface area contributed by atoms with Crippen molar-refractivity contribution in [2.75, 3.05) is 7.05 Å². The number of carbonyl (C=O) groups is 1. The summed E-state index contributed by atoms with van der Waals surface area (Å²) in [5.74, 6) is 0.0311. The van der Waals surface area contributed by atoms with Gasteiger partial charge in [-0.15, -0.1) is 0 Å². The molecule has 6 nitrogen and oxygen atoms in total. The van der Waals surface area contributed by atoms with Crippen LogP contribution in [0.25, 0.3) is 22.2 Å². The second-order valence-corrected chi connectivity index (χ2v) is 7.32. The van der Waals surface area contributed by atoms with Crippen molar-refractivity contribution in [3.8, 4) is 17.0 Å². The molecule has 0 unspecified atom stereocenters. The number of hydrogen-bond donors (Lipinski definition) is 1. The average Bonchev–Trinajstić information content (AvgIpc) is 3.12. The van der Waals surface area contributed by atoms with Crippen molar-refractivity contribution in [2.45, 2.75) is 26.9 Å². The molecule has 0 aliphatic carbocycles. The Morgan fingerprint density at radius 2 is 1.87 bits per heavy atom. The molecule has 6 heteroatoms. The zero-order chi connectivity index (χ0) is 21.3. The van der Waals surface area contributed by atoms with Crippen molar-refractivity contribution in [1.82, 2.24) is 19.7 Å². The van der Waals surface area contributed by atoms with Gasteiger partial charge >= 0.3 is 0 Å². The first kappa shape index (κ1) is 19.6. The van der Waals surface area contributed by atoms with Gasteiger partial charge in [0.1, 0.15) is 5.75 Å². The van der Waals surface area contributed by atoms with E-state index in [9.17, 15) is 9.90 Å². The molecule has 0 atom stereocenters. The second-order valence-electron chi connectivity index (χ2n) is 7.32. The predicted octanol–water partition coefficient (Wildman–Crippen LogP) is 4.40. The summed E-state index contributed by atoms with van der Waals surface area (Å²) >= 11 is 0. The molecule has 0 saturated heterocycles. The van der Waals surface area contributed by atoms with Gasteiger partial charge < -0.3 is 10.0 Å². The first-order valence-corrected chi connectivity index (χ1v) is 9.94. The lowest BCUT2D eigenvalue weighted by molar-refractivity contribution is 0.0787. The SMILES string of the molecule is CCn1ncc(CN(C)C(=O)c2cc(-c3ccccc3O)nc3ccccc23)c1C. The highest BCUT2D eigenvalue weighted by molar-refractivity contribution is 6.07. The van der Waals surface area contributed by atoms with Gasteiger partial charge in [-0.2, -0.15) is 5.10 Å². The van der Waals surface area contributed by atoms with Gasteiger partial charge in [-0.1, -0.05) is 30.3 Å². The molecule has 0 radical (unpaired) electrons. The van der Waals surface area contributed by atoms with Gasteiger partial charge in [0, 0.05) is 42.3 Å². The van der Waals surface area contributed by atoms with Crippen LogP contribution in [0, 0.1) is 6.92 Å². The minimum atomic E-state index is -0.103. The van der Waals surface area contributed by atoms with E-state index in [0.29, 0.717) is 28.9 Å². The van der Waals surface area contributed by atoms with Crippen LogP contribution < -0.4 is 0 Å². The van der Waals surface area contributed by atoms with Crippen molar-refractivity contribution in [1.29, 1.82) is 0 Å². The molecule has 0 aliphatic heterocycles. The number of benzene rings is 2. The van der Waals surface area contributed by atoms with Crippen LogP contribution >= 0.6 is 0 Å². The highest BCUT2D eigenvalue weighted by atomic mass is 16.3. The number of rotatable bonds is 5. The highest BCUT2D eigenvalue weighted by Gasteiger charge is 2.19. The van der Waals surface area contributed by atoms with Crippen LogP contribution in [0.1, 0.15) is 28.5 Å². The Hall–Kier alpha value is -3.67. The molecule has 2 aromatic heterocycles. The first-order chi connectivity index (χ1) is 14.5. The lowest BCUT2D eigenvalue weighted by Gasteiger charge is -2.19. The number of amides is 1. The van der Waals surface area contributed by atoms with Crippen molar-refractivity contribution in [2.24, 2.45) is 0 Å². The third-order valence-corrected chi connectivity index (χ3v) is 5.39. The fourth-order valence-corrected chi connectivity index (χ4v) is 3.67. The third kappa shape index (κ3) is 3.52. The molecular formula is C24H24N4O2. The number of nitrogens with zero attached hydrogens (tertiary/aromatic N) is 4. The Balaban J connectivity index is 1.76. The van der Waals surface area contributed by atoms with Crippen molar-refractivity contribution in [3.05, 3.63) is 77.6 Å². The fraction of sp³-hybridized carbons (Fsp3) is 0.208. The number of hydrogen-bond acceptors (Lipinski definition) is 4. The van der Waals surface area contributed by atoms with Gasteiger partial charge in [-0.25, -0.2) is 4.98 Å². The lowest BCUT2D eigenvalue weighted by Crippen LogP contribution is -2.26. The van der Waals surface area contributed by atoms with Gasteiger partial charge in [-0.3, -0.25) is 9.48 Å². The van der Waals surface area contributed by atoms with Crippen LogP contribution in [0.5, 0.6) is 5.75 Å².